The molecule has 17 heteroatoms. The SMILES string of the molecule is [2H]OCC(COc1c(/N=N/c2cc(CO)c(/N=N/c3ccc([N+](=O)[O-])cc3)cc2OC)cc2c3c1CCCN3CCC2)OP(OCCC#N)N(C(C)C)C(C)C. The smallest absolute Gasteiger partial charge is 0.269 e. The van der Waals surface area contributed by atoms with E-state index in [1.165, 1.54) is 42.6 Å². The van der Waals surface area contributed by atoms with Crippen molar-refractivity contribution in [1.29, 1.82) is 6.69 Å². The van der Waals surface area contributed by atoms with Gasteiger partial charge in [-0.2, -0.15) is 15.5 Å². The molecule has 2 aliphatic rings. The Bertz CT molecular complexity index is 1900. The Labute approximate surface area is 324 Å². The lowest BCUT2D eigenvalue weighted by Gasteiger charge is -2.38. The quantitative estimate of drug-likeness (QED) is 0.0366. The van der Waals surface area contributed by atoms with E-state index in [4.69, 9.17) is 35.4 Å². The van der Waals surface area contributed by atoms with Crippen LogP contribution in [0.15, 0.2) is 62.9 Å². The summed E-state index contributed by atoms with van der Waals surface area (Å²) in [5, 5.41) is 53.1. The standard InChI is InChI=1S/C38H49N8O8P/c1-25(2)45(26(3)4)55(53-18-8-15-39)54-31(23-48)24-52-38-32-10-7-17-44-16-6-9-27(37(32)44)19-35(38)43-42-34-20-28(22-47)33(21-36(34)51-5)41-40-29-11-13-30(14-12-29)46(49)50/h11-14,19-21,25-26,31,47-48H,6-10,16-18,22-24H2,1-5H3/b41-40+,43-42+/i48D. The Morgan fingerprint density at radius 2 is 1.75 bits per heavy atom. The van der Waals surface area contributed by atoms with Crippen LogP contribution in [0.1, 0.15) is 63.6 Å². The number of anilines is 1. The topological polar surface area (TPSA) is 200 Å². The number of hydrogen-bond acceptors (Lipinski definition) is 15. The van der Waals surface area contributed by atoms with Crippen molar-refractivity contribution in [3.63, 3.8) is 0 Å². The summed E-state index contributed by atoms with van der Waals surface area (Å²) in [6.07, 6.45) is 3.15. The van der Waals surface area contributed by atoms with E-state index in [0.717, 1.165) is 44.3 Å². The summed E-state index contributed by atoms with van der Waals surface area (Å²) in [5.41, 5.74) is 5.31. The highest BCUT2D eigenvalue weighted by molar-refractivity contribution is 7.44. The van der Waals surface area contributed by atoms with Crippen molar-refractivity contribution < 1.29 is 33.7 Å². The first kappa shape index (κ1) is 40.1. The zero-order valence-electron chi connectivity index (χ0n) is 32.9. The minimum absolute atomic E-state index is 0.0318. The van der Waals surface area contributed by atoms with E-state index in [0.29, 0.717) is 39.8 Å². The van der Waals surface area contributed by atoms with Crippen molar-refractivity contribution in [3.8, 4) is 17.6 Å². The van der Waals surface area contributed by atoms with Gasteiger partial charge in [0.15, 0.2) is 5.75 Å². The van der Waals surface area contributed by atoms with Gasteiger partial charge in [0, 0.05) is 60.2 Å². The average Bonchev–Trinajstić information content (AvgIpc) is 3.18. The third-order valence-corrected chi connectivity index (χ3v) is 11.3. The zero-order valence-corrected chi connectivity index (χ0v) is 32.8. The van der Waals surface area contributed by atoms with E-state index in [1.54, 1.807) is 12.1 Å². The first-order valence-corrected chi connectivity index (χ1v) is 19.5. The Hall–Kier alpha value is -4.62. The van der Waals surface area contributed by atoms with Crippen LogP contribution in [0.25, 0.3) is 0 Å². The number of benzene rings is 3. The van der Waals surface area contributed by atoms with Gasteiger partial charge in [-0.25, -0.2) is 4.67 Å². The number of nitrogens with zero attached hydrogens (tertiary/aromatic N) is 8. The van der Waals surface area contributed by atoms with Gasteiger partial charge in [-0.1, -0.05) is 0 Å². The molecule has 0 aromatic heterocycles. The lowest BCUT2D eigenvalue weighted by molar-refractivity contribution is -0.384. The minimum Gasteiger partial charge on any atom is -0.494 e. The van der Waals surface area contributed by atoms with Gasteiger partial charge in [-0.05, 0) is 83.2 Å². The van der Waals surface area contributed by atoms with Gasteiger partial charge in [0.2, 0.25) is 1.43 Å². The van der Waals surface area contributed by atoms with Crippen LogP contribution in [0.2, 0.25) is 0 Å². The van der Waals surface area contributed by atoms with Gasteiger partial charge in [0.05, 0.1) is 55.7 Å². The third-order valence-electron chi connectivity index (χ3n) is 9.10. The summed E-state index contributed by atoms with van der Waals surface area (Å²) in [6.45, 7) is 9.91. The van der Waals surface area contributed by atoms with Gasteiger partial charge in [-0.15, -0.1) is 10.2 Å². The number of aliphatic hydroxyl groups is 2. The lowest BCUT2D eigenvalue weighted by Crippen LogP contribution is -2.36. The molecule has 5 rings (SSSR count). The number of azo groups is 2. The number of hydrogen-bond donors (Lipinski definition) is 2. The third kappa shape index (κ3) is 10.4. The fourth-order valence-corrected chi connectivity index (χ4v) is 8.36. The molecule has 55 heavy (non-hydrogen) atoms. The number of nitriles is 1. The Morgan fingerprint density at radius 3 is 2.40 bits per heavy atom. The number of aryl methyl sites for hydroxylation is 1. The summed E-state index contributed by atoms with van der Waals surface area (Å²) < 4.78 is 34.6. The molecule has 0 bridgehead atoms. The summed E-state index contributed by atoms with van der Waals surface area (Å²) in [7, 11) is -0.134. The van der Waals surface area contributed by atoms with E-state index < -0.39 is 19.6 Å². The van der Waals surface area contributed by atoms with E-state index in [2.05, 4.69) is 58.7 Å². The van der Waals surface area contributed by atoms with Crippen LogP contribution in [-0.4, -0.2) is 79.4 Å². The van der Waals surface area contributed by atoms with Crippen molar-refractivity contribution in [2.45, 2.75) is 84.6 Å². The highest BCUT2D eigenvalue weighted by atomic mass is 31.2. The molecule has 294 valence electrons. The van der Waals surface area contributed by atoms with Crippen LogP contribution in [-0.2, 0) is 28.5 Å². The molecule has 0 saturated carbocycles. The first-order chi connectivity index (χ1) is 27.1. The molecule has 2 unspecified atom stereocenters. The van der Waals surface area contributed by atoms with Crippen molar-refractivity contribution in [1.82, 2.24) is 4.67 Å². The molecule has 2 atom stereocenters. The number of nitro groups is 1. The molecular formula is C38H49N8O8P. The lowest BCUT2D eigenvalue weighted by atomic mass is 9.90. The van der Waals surface area contributed by atoms with Gasteiger partial charge in [-0.3, -0.25) is 10.1 Å². The maximum absolute atomic E-state index is 11.0. The van der Waals surface area contributed by atoms with E-state index in [-0.39, 0.29) is 50.6 Å². The molecule has 3 aromatic rings. The summed E-state index contributed by atoms with van der Waals surface area (Å²) in [6, 6.07) is 13.1. The summed E-state index contributed by atoms with van der Waals surface area (Å²) in [4.78, 5) is 12.9. The zero-order chi connectivity index (χ0) is 40.2. The van der Waals surface area contributed by atoms with Gasteiger partial charge >= 0.3 is 0 Å². The average molecular weight is 778 g/mol. The van der Waals surface area contributed by atoms with Crippen LogP contribution in [0, 0.1) is 21.4 Å². The Kier molecular flexibility index (Phi) is 14.4. The molecule has 2 N–H and O–H groups in total. The summed E-state index contributed by atoms with van der Waals surface area (Å²) in [5.74, 6) is 0.897. The predicted molar refractivity (Wildman–Crippen MR) is 208 cm³/mol. The molecule has 0 radical (unpaired) electrons. The predicted octanol–water partition coefficient (Wildman–Crippen LogP) is 8.66. The van der Waals surface area contributed by atoms with Crippen LogP contribution >= 0.6 is 8.53 Å². The monoisotopic (exact) mass is 777 g/mol. The van der Waals surface area contributed by atoms with Crippen molar-refractivity contribution in [3.05, 3.63) is 69.3 Å². The second-order valence-corrected chi connectivity index (χ2v) is 15.0. The molecule has 2 aliphatic heterocycles. The second-order valence-electron chi connectivity index (χ2n) is 13.6. The van der Waals surface area contributed by atoms with Crippen LogP contribution in [0.4, 0.5) is 34.1 Å². The Balaban J connectivity index is 1.47. The van der Waals surface area contributed by atoms with Crippen molar-refractivity contribution >= 4 is 42.7 Å². The van der Waals surface area contributed by atoms with Crippen LogP contribution in [0.5, 0.6) is 11.5 Å². The number of ether oxygens (including phenoxy) is 2. The number of nitro benzene ring substituents is 1. The second kappa shape index (κ2) is 19.8. The largest absolute Gasteiger partial charge is 0.494 e. The van der Waals surface area contributed by atoms with Gasteiger partial charge < -0.3 is 33.6 Å². The van der Waals surface area contributed by atoms with Gasteiger partial charge in [0.1, 0.15) is 29.8 Å². The maximum Gasteiger partial charge on any atom is 0.269 e. The van der Waals surface area contributed by atoms with Crippen molar-refractivity contribution in [2.75, 3.05) is 44.9 Å². The number of methoxy groups -OCH3 is 1. The van der Waals surface area contributed by atoms with Gasteiger partial charge in [0.25, 0.3) is 14.2 Å². The Morgan fingerprint density at radius 1 is 1.04 bits per heavy atom. The van der Waals surface area contributed by atoms with Crippen LogP contribution < -0.4 is 14.4 Å². The van der Waals surface area contributed by atoms with E-state index in [1.807, 2.05) is 6.07 Å². The highest BCUT2D eigenvalue weighted by Crippen LogP contribution is 2.49. The number of rotatable bonds is 20. The summed E-state index contributed by atoms with van der Waals surface area (Å²) >= 11 is 0. The minimum atomic E-state index is -1.62. The molecule has 16 nitrogen and oxygen atoms in total. The number of aliphatic hydroxyl groups excluding tert-OH is 2. The molecule has 0 fully saturated rings. The van der Waals surface area contributed by atoms with Crippen molar-refractivity contribution in [2.24, 2.45) is 20.5 Å². The normalized spacial score (nSPS) is 15.4. The fraction of sp³-hybridized carbons (Fsp3) is 0.500. The fourth-order valence-electron chi connectivity index (χ4n) is 6.68. The molecule has 0 amide bonds. The molecular weight excluding hydrogens is 727 g/mol. The number of non-ortho nitro benzene ring substituents is 1. The van der Waals surface area contributed by atoms with Crippen LogP contribution in [0.3, 0.4) is 0 Å². The highest BCUT2D eigenvalue weighted by Gasteiger charge is 2.32. The maximum atomic E-state index is 11.0. The molecule has 0 saturated heterocycles. The molecule has 3 aromatic carbocycles. The molecule has 2 heterocycles. The van der Waals surface area contributed by atoms with E-state index >= 15 is 0 Å². The molecule has 0 spiro atoms. The first-order valence-electron chi connectivity index (χ1n) is 18.8. The molecule has 0 aliphatic carbocycles. The van der Waals surface area contributed by atoms with E-state index in [9.17, 15) is 15.2 Å².